The van der Waals surface area contributed by atoms with Crippen LogP contribution < -0.4 is 5.32 Å². The first-order chi connectivity index (χ1) is 8.24. The summed E-state index contributed by atoms with van der Waals surface area (Å²) in [5.41, 5.74) is 0.0269. The van der Waals surface area contributed by atoms with Crippen LogP contribution >= 0.6 is 11.3 Å². The third-order valence-corrected chi connectivity index (χ3v) is 4.51. The van der Waals surface area contributed by atoms with E-state index in [4.69, 9.17) is 4.74 Å². The van der Waals surface area contributed by atoms with E-state index < -0.39 is 0 Å². The molecule has 0 aliphatic carbocycles. The fraction of sp³-hybridized carbons (Fsp3) is 0.714. The highest BCUT2D eigenvalue weighted by atomic mass is 32.1. The lowest BCUT2D eigenvalue weighted by molar-refractivity contribution is -0.0112. The Bertz CT molecular complexity index is 317. The molecule has 0 amide bonds. The van der Waals surface area contributed by atoms with E-state index in [0.29, 0.717) is 6.04 Å². The van der Waals surface area contributed by atoms with Crippen molar-refractivity contribution in [3.05, 3.63) is 22.4 Å². The van der Waals surface area contributed by atoms with Gasteiger partial charge in [0.05, 0.1) is 5.60 Å². The van der Waals surface area contributed by atoms with Crippen LogP contribution in [0.25, 0.3) is 0 Å². The molecular formula is C14H23NOS. The SMILES string of the molecule is CCCNC(Cc1cccs1)C1(C)CCCO1. The smallest absolute Gasteiger partial charge is 0.0811 e. The number of rotatable bonds is 6. The zero-order chi connectivity index (χ0) is 12.1. The van der Waals surface area contributed by atoms with Crippen molar-refractivity contribution < 1.29 is 4.74 Å². The molecule has 0 bridgehead atoms. The molecule has 0 saturated carbocycles. The molecule has 0 radical (unpaired) electrons. The van der Waals surface area contributed by atoms with Gasteiger partial charge >= 0.3 is 0 Å². The molecule has 1 aliphatic rings. The van der Waals surface area contributed by atoms with Gasteiger partial charge in [-0.3, -0.25) is 0 Å². The van der Waals surface area contributed by atoms with Gasteiger partial charge < -0.3 is 10.1 Å². The minimum atomic E-state index is 0.0269. The second kappa shape index (κ2) is 5.98. The van der Waals surface area contributed by atoms with Gasteiger partial charge in [-0.1, -0.05) is 13.0 Å². The van der Waals surface area contributed by atoms with Crippen molar-refractivity contribution in [3.63, 3.8) is 0 Å². The zero-order valence-electron chi connectivity index (χ0n) is 10.9. The summed E-state index contributed by atoms with van der Waals surface area (Å²) < 4.78 is 5.99. The van der Waals surface area contributed by atoms with Crippen LogP contribution in [0.5, 0.6) is 0 Å². The van der Waals surface area contributed by atoms with Crippen molar-refractivity contribution in [1.29, 1.82) is 0 Å². The summed E-state index contributed by atoms with van der Waals surface area (Å²) >= 11 is 1.85. The maximum Gasteiger partial charge on any atom is 0.0811 e. The summed E-state index contributed by atoms with van der Waals surface area (Å²) in [6.45, 7) is 6.48. The van der Waals surface area contributed by atoms with Gasteiger partial charge in [0, 0.05) is 17.5 Å². The first kappa shape index (κ1) is 13.1. The highest BCUT2D eigenvalue weighted by molar-refractivity contribution is 7.09. The van der Waals surface area contributed by atoms with E-state index >= 15 is 0 Å². The van der Waals surface area contributed by atoms with Crippen LogP contribution in [0.4, 0.5) is 0 Å². The first-order valence-electron chi connectivity index (χ1n) is 6.64. The Morgan fingerprint density at radius 3 is 3.06 bits per heavy atom. The molecule has 1 N–H and O–H groups in total. The lowest BCUT2D eigenvalue weighted by Gasteiger charge is -2.34. The van der Waals surface area contributed by atoms with E-state index in [2.05, 4.69) is 36.7 Å². The Kier molecular flexibility index (Phi) is 4.60. The molecule has 1 aromatic heterocycles. The van der Waals surface area contributed by atoms with Crippen molar-refractivity contribution in [3.8, 4) is 0 Å². The van der Waals surface area contributed by atoms with Gasteiger partial charge in [0.25, 0.3) is 0 Å². The van der Waals surface area contributed by atoms with Crippen LogP contribution in [-0.2, 0) is 11.2 Å². The summed E-state index contributed by atoms with van der Waals surface area (Å²) in [4.78, 5) is 1.45. The van der Waals surface area contributed by atoms with Gasteiger partial charge in [-0.15, -0.1) is 11.3 Å². The fourth-order valence-corrected chi connectivity index (χ4v) is 3.28. The molecule has 0 spiro atoms. The van der Waals surface area contributed by atoms with E-state index in [1.165, 1.54) is 24.1 Å². The quantitative estimate of drug-likeness (QED) is 0.840. The summed E-state index contributed by atoms with van der Waals surface area (Å²) in [7, 11) is 0. The van der Waals surface area contributed by atoms with Crippen LogP contribution in [-0.4, -0.2) is 24.8 Å². The fourth-order valence-electron chi connectivity index (χ4n) is 2.53. The average Bonchev–Trinajstić information content (AvgIpc) is 2.96. The lowest BCUT2D eigenvalue weighted by Crippen LogP contribution is -2.50. The Morgan fingerprint density at radius 2 is 2.47 bits per heavy atom. The van der Waals surface area contributed by atoms with Crippen molar-refractivity contribution in [2.24, 2.45) is 0 Å². The van der Waals surface area contributed by atoms with Crippen molar-refractivity contribution in [2.45, 2.75) is 51.2 Å². The van der Waals surface area contributed by atoms with Gasteiger partial charge in [-0.25, -0.2) is 0 Å². The van der Waals surface area contributed by atoms with Gasteiger partial charge in [0.15, 0.2) is 0 Å². The molecule has 2 unspecified atom stereocenters. The molecule has 96 valence electrons. The van der Waals surface area contributed by atoms with Gasteiger partial charge in [-0.2, -0.15) is 0 Å². The maximum atomic E-state index is 5.99. The van der Waals surface area contributed by atoms with E-state index in [9.17, 15) is 0 Å². The minimum absolute atomic E-state index is 0.0269. The van der Waals surface area contributed by atoms with Crippen LogP contribution in [0.15, 0.2) is 17.5 Å². The Hall–Kier alpha value is -0.380. The Morgan fingerprint density at radius 1 is 1.59 bits per heavy atom. The molecule has 1 aromatic rings. The molecule has 3 heteroatoms. The standard InChI is InChI=1S/C14H23NOS/c1-3-8-15-13(11-12-6-4-10-17-12)14(2)7-5-9-16-14/h4,6,10,13,15H,3,5,7-9,11H2,1-2H3. The predicted molar refractivity (Wildman–Crippen MR) is 73.7 cm³/mol. The Labute approximate surface area is 108 Å². The molecule has 17 heavy (non-hydrogen) atoms. The van der Waals surface area contributed by atoms with Gasteiger partial charge in [0.2, 0.25) is 0 Å². The maximum absolute atomic E-state index is 5.99. The molecule has 2 heterocycles. The van der Waals surface area contributed by atoms with E-state index in [-0.39, 0.29) is 5.60 Å². The topological polar surface area (TPSA) is 21.3 Å². The van der Waals surface area contributed by atoms with Crippen LogP contribution in [0, 0.1) is 0 Å². The molecule has 0 aromatic carbocycles. The monoisotopic (exact) mass is 253 g/mol. The highest BCUT2D eigenvalue weighted by Crippen LogP contribution is 2.31. The highest BCUT2D eigenvalue weighted by Gasteiger charge is 2.38. The van der Waals surface area contributed by atoms with Crippen LogP contribution in [0.1, 0.15) is 38.0 Å². The number of hydrogen-bond acceptors (Lipinski definition) is 3. The summed E-state index contributed by atoms with van der Waals surface area (Å²) in [5, 5.41) is 5.83. The molecule has 1 saturated heterocycles. The number of thiophene rings is 1. The first-order valence-corrected chi connectivity index (χ1v) is 7.52. The molecule has 1 aliphatic heterocycles. The van der Waals surface area contributed by atoms with E-state index in [1.807, 2.05) is 11.3 Å². The third-order valence-electron chi connectivity index (χ3n) is 3.61. The second-order valence-electron chi connectivity index (χ2n) is 5.05. The van der Waals surface area contributed by atoms with Crippen molar-refractivity contribution >= 4 is 11.3 Å². The van der Waals surface area contributed by atoms with E-state index in [0.717, 1.165) is 19.6 Å². The summed E-state index contributed by atoms with van der Waals surface area (Å²) in [6.07, 6.45) is 4.65. The predicted octanol–water partition coefficient (Wildman–Crippen LogP) is 3.23. The minimum Gasteiger partial charge on any atom is -0.374 e. The number of hydrogen-bond donors (Lipinski definition) is 1. The molecule has 1 fully saturated rings. The largest absolute Gasteiger partial charge is 0.374 e. The van der Waals surface area contributed by atoms with Gasteiger partial charge in [-0.05, 0) is 50.6 Å². The average molecular weight is 253 g/mol. The third kappa shape index (κ3) is 3.30. The van der Waals surface area contributed by atoms with Crippen LogP contribution in [0.3, 0.4) is 0 Å². The normalized spacial score (nSPS) is 26.2. The number of nitrogens with one attached hydrogen (secondary N) is 1. The van der Waals surface area contributed by atoms with E-state index in [1.54, 1.807) is 0 Å². The van der Waals surface area contributed by atoms with Crippen molar-refractivity contribution in [1.82, 2.24) is 5.32 Å². The van der Waals surface area contributed by atoms with Crippen LogP contribution in [0.2, 0.25) is 0 Å². The van der Waals surface area contributed by atoms with Crippen molar-refractivity contribution in [2.75, 3.05) is 13.2 Å². The second-order valence-corrected chi connectivity index (χ2v) is 6.09. The number of ether oxygens (including phenoxy) is 1. The molecular weight excluding hydrogens is 230 g/mol. The molecule has 2 atom stereocenters. The summed E-state index contributed by atoms with van der Waals surface area (Å²) in [5.74, 6) is 0. The zero-order valence-corrected chi connectivity index (χ0v) is 11.7. The molecule has 2 rings (SSSR count). The summed E-state index contributed by atoms with van der Waals surface area (Å²) in [6, 6.07) is 4.81. The lowest BCUT2D eigenvalue weighted by atomic mass is 9.90. The Balaban J connectivity index is 2.02. The molecule has 2 nitrogen and oxygen atoms in total. The van der Waals surface area contributed by atoms with Gasteiger partial charge in [0.1, 0.15) is 0 Å².